The quantitative estimate of drug-likeness (QED) is 0.779. The molecule has 0 saturated heterocycles. The Kier molecular flexibility index (Phi) is 2.68. The summed E-state index contributed by atoms with van der Waals surface area (Å²) in [5, 5.41) is 13.8. The molecule has 3 rings (SSSR count). The molecule has 0 amide bonds. The van der Waals surface area contributed by atoms with Crippen LogP contribution in [-0.2, 0) is 0 Å². The van der Waals surface area contributed by atoms with Crippen molar-refractivity contribution < 1.29 is 9.90 Å². The van der Waals surface area contributed by atoms with Crippen molar-refractivity contribution in [3.8, 4) is 11.1 Å². The summed E-state index contributed by atoms with van der Waals surface area (Å²) in [6, 6.07) is 8.74. The zero-order valence-electron chi connectivity index (χ0n) is 9.62. The lowest BCUT2D eigenvalue weighted by atomic mass is 10.1. The van der Waals surface area contributed by atoms with Crippen LogP contribution in [0.2, 0.25) is 5.02 Å². The molecule has 19 heavy (non-hydrogen) atoms. The van der Waals surface area contributed by atoms with E-state index in [4.69, 9.17) is 11.6 Å². The molecule has 1 aromatic carbocycles. The third kappa shape index (κ3) is 2.04. The van der Waals surface area contributed by atoms with Gasteiger partial charge < -0.3 is 5.11 Å². The molecule has 94 valence electrons. The van der Waals surface area contributed by atoms with E-state index >= 15 is 0 Å². The summed E-state index contributed by atoms with van der Waals surface area (Å²) in [6.07, 6.45) is 3.06. The Morgan fingerprint density at radius 2 is 1.95 bits per heavy atom. The van der Waals surface area contributed by atoms with E-state index in [1.807, 2.05) is 12.1 Å². The van der Waals surface area contributed by atoms with Gasteiger partial charge in [-0.15, -0.1) is 0 Å². The number of fused-ring (bicyclic) bond motifs is 1. The van der Waals surface area contributed by atoms with Crippen molar-refractivity contribution in [1.82, 2.24) is 14.6 Å². The fourth-order valence-electron chi connectivity index (χ4n) is 1.88. The first-order valence-corrected chi connectivity index (χ1v) is 5.85. The van der Waals surface area contributed by atoms with Crippen LogP contribution in [0.15, 0.2) is 42.9 Å². The lowest BCUT2D eigenvalue weighted by Crippen LogP contribution is -2.02. The third-order valence-corrected chi connectivity index (χ3v) is 3.04. The van der Waals surface area contributed by atoms with Gasteiger partial charge in [0.2, 0.25) is 0 Å². The molecule has 5 nitrogen and oxygen atoms in total. The summed E-state index contributed by atoms with van der Waals surface area (Å²) in [4.78, 5) is 15.2. The van der Waals surface area contributed by atoms with E-state index < -0.39 is 5.97 Å². The maximum absolute atomic E-state index is 11.2. The van der Waals surface area contributed by atoms with Gasteiger partial charge in [0.25, 0.3) is 0 Å². The van der Waals surface area contributed by atoms with Gasteiger partial charge in [-0.3, -0.25) is 0 Å². The molecule has 0 unspecified atom stereocenters. The Labute approximate surface area is 113 Å². The number of nitrogens with zero attached hydrogens (tertiary/aromatic N) is 3. The summed E-state index contributed by atoms with van der Waals surface area (Å²) in [6.45, 7) is 0. The second-order valence-corrected chi connectivity index (χ2v) is 4.42. The number of pyridine rings is 1. The number of carbonyl (C=O) groups is 1. The Balaban J connectivity index is 2.24. The summed E-state index contributed by atoms with van der Waals surface area (Å²) in [5.74, 6) is -1.03. The second-order valence-electron chi connectivity index (χ2n) is 3.98. The Morgan fingerprint density at radius 1 is 1.21 bits per heavy atom. The van der Waals surface area contributed by atoms with E-state index in [1.165, 1.54) is 10.8 Å². The van der Waals surface area contributed by atoms with Gasteiger partial charge >= 0.3 is 5.97 Å². The van der Waals surface area contributed by atoms with Crippen LogP contribution in [0.5, 0.6) is 0 Å². The van der Waals surface area contributed by atoms with E-state index in [2.05, 4.69) is 10.1 Å². The van der Waals surface area contributed by atoms with Crippen LogP contribution in [0.25, 0.3) is 16.8 Å². The Bertz CT molecular complexity index is 765. The number of aromatic nitrogens is 3. The molecule has 0 spiro atoms. The standard InChI is InChI=1S/C13H8ClN3O2/c14-10-3-1-8(2-4-10)9-5-11(13(18)19)12-15-7-16-17(12)6-9/h1-7H,(H,18,19). The Morgan fingerprint density at radius 3 is 2.63 bits per heavy atom. The van der Waals surface area contributed by atoms with Crippen LogP contribution in [0.4, 0.5) is 0 Å². The van der Waals surface area contributed by atoms with Crippen LogP contribution in [-0.4, -0.2) is 25.7 Å². The van der Waals surface area contributed by atoms with Gasteiger partial charge in [-0.25, -0.2) is 14.3 Å². The molecule has 6 heteroatoms. The molecule has 2 heterocycles. The van der Waals surface area contributed by atoms with Crippen LogP contribution in [0.3, 0.4) is 0 Å². The zero-order valence-corrected chi connectivity index (χ0v) is 10.4. The fourth-order valence-corrected chi connectivity index (χ4v) is 2.01. The van der Waals surface area contributed by atoms with Gasteiger partial charge in [-0.05, 0) is 23.8 Å². The van der Waals surface area contributed by atoms with Crippen LogP contribution in [0, 0.1) is 0 Å². The summed E-state index contributed by atoms with van der Waals surface area (Å²) >= 11 is 5.84. The lowest BCUT2D eigenvalue weighted by Gasteiger charge is -2.05. The Hall–Kier alpha value is -2.40. The molecule has 0 radical (unpaired) electrons. The molecule has 2 aromatic heterocycles. The number of hydrogen-bond acceptors (Lipinski definition) is 3. The highest BCUT2D eigenvalue weighted by Crippen LogP contribution is 2.23. The molecule has 0 bridgehead atoms. The van der Waals surface area contributed by atoms with Gasteiger partial charge in [0, 0.05) is 16.8 Å². The molecule has 0 atom stereocenters. The predicted molar refractivity (Wildman–Crippen MR) is 70.4 cm³/mol. The van der Waals surface area contributed by atoms with Crippen molar-refractivity contribution >= 4 is 23.2 Å². The number of halogens is 1. The molecule has 3 aromatic rings. The minimum absolute atomic E-state index is 0.116. The average Bonchev–Trinajstić information content (AvgIpc) is 2.86. The molecular weight excluding hydrogens is 266 g/mol. The molecule has 0 aliphatic rings. The van der Waals surface area contributed by atoms with Crippen molar-refractivity contribution in [2.75, 3.05) is 0 Å². The minimum Gasteiger partial charge on any atom is -0.478 e. The van der Waals surface area contributed by atoms with E-state index in [9.17, 15) is 9.90 Å². The van der Waals surface area contributed by atoms with Crippen LogP contribution < -0.4 is 0 Å². The SMILES string of the molecule is O=C(O)c1cc(-c2ccc(Cl)cc2)cn2ncnc12. The highest BCUT2D eigenvalue weighted by atomic mass is 35.5. The molecule has 0 fully saturated rings. The van der Waals surface area contributed by atoms with Crippen molar-refractivity contribution in [2.24, 2.45) is 0 Å². The van der Waals surface area contributed by atoms with E-state index in [0.29, 0.717) is 10.7 Å². The molecule has 0 aliphatic carbocycles. The topological polar surface area (TPSA) is 67.5 Å². The molecule has 0 saturated carbocycles. The predicted octanol–water partition coefficient (Wildman–Crippen LogP) is 2.75. The molecule has 1 N–H and O–H groups in total. The van der Waals surface area contributed by atoms with E-state index in [0.717, 1.165) is 11.1 Å². The van der Waals surface area contributed by atoms with Gasteiger partial charge in [-0.1, -0.05) is 23.7 Å². The highest BCUT2D eigenvalue weighted by Gasteiger charge is 2.13. The van der Waals surface area contributed by atoms with Crippen molar-refractivity contribution in [3.63, 3.8) is 0 Å². The van der Waals surface area contributed by atoms with Crippen molar-refractivity contribution in [2.45, 2.75) is 0 Å². The number of rotatable bonds is 2. The summed E-state index contributed by atoms with van der Waals surface area (Å²) < 4.78 is 1.45. The normalized spacial score (nSPS) is 10.8. The van der Waals surface area contributed by atoms with Gasteiger partial charge in [0.1, 0.15) is 11.9 Å². The van der Waals surface area contributed by atoms with E-state index in [-0.39, 0.29) is 5.56 Å². The molecule has 0 aliphatic heterocycles. The second kappa shape index (κ2) is 4.37. The summed E-state index contributed by atoms with van der Waals surface area (Å²) in [5.41, 5.74) is 2.05. The maximum Gasteiger partial charge on any atom is 0.339 e. The first kappa shape index (κ1) is 11.7. The number of carboxylic acids is 1. The van der Waals surface area contributed by atoms with E-state index in [1.54, 1.807) is 24.4 Å². The number of aromatic carboxylic acids is 1. The zero-order chi connectivity index (χ0) is 13.4. The first-order chi connectivity index (χ1) is 9.15. The van der Waals surface area contributed by atoms with Crippen molar-refractivity contribution in [3.05, 3.63) is 53.4 Å². The minimum atomic E-state index is -1.03. The monoisotopic (exact) mass is 273 g/mol. The largest absolute Gasteiger partial charge is 0.478 e. The number of carboxylic acid groups (broad SMARTS) is 1. The van der Waals surface area contributed by atoms with Gasteiger partial charge in [0.15, 0.2) is 5.65 Å². The smallest absolute Gasteiger partial charge is 0.339 e. The average molecular weight is 274 g/mol. The molecular formula is C13H8ClN3O2. The van der Waals surface area contributed by atoms with Crippen LogP contribution in [0.1, 0.15) is 10.4 Å². The number of benzene rings is 1. The summed E-state index contributed by atoms with van der Waals surface area (Å²) in [7, 11) is 0. The van der Waals surface area contributed by atoms with Gasteiger partial charge in [-0.2, -0.15) is 5.10 Å². The maximum atomic E-state index is 11.2. The first-order valence-electron chi connectivity index (χ1n) is 5.48. The van der Waals surface area contributed by atoms with Crippen molar-refractivity contribution in [1.29, 1.82) is 0 Å². The lowest BCUT2D eigenvalue weighted by molar-refractivity contribution is 0.0698. The van der Waals surface area contributed by atoms with Gasteiger partial charge in [0.05, 0.1) is 0 Å². The number of hydrogen-bond donors (Lipinski definition) is 1. The van der Waals surface area contributed by atoms with Crippen LogP contribution >= 0.6 is 11.6 Å². The fraction of sp³-hybridized carbons (Fsp3) is 0. The third-order valence-electron chi connectivity index (χ3n) is 2.78. The highest BCUT2D eigenvalue weighted by molar-refractivity contribution is 6.30.